The van der Waals surface area contributed by atoms with Crippen LogP contribution in [0.25, 0.3) is 0 Å². The van der Waals surface area contributed by atoms with Crippen molar-refractivity contribution in [1.29, 1.82) is 0 Å². The highest BCUT2D eigenvalue weighted by atomic mass is 16.6. The van der Waals surface area contributed by atoms with E-state index in [1.807, 2.05) is 20.8 Å². The Bertz CT molecular complexity index is 843. The van der Waals surface area contributed by atoms with Gasteiger partial charge in [0.15, 0.2) is 0 Å². The fourth-order valence-electron chi connectivity index (χ4n) is 5.47. The zero-order valence-electron chi connectivity index (χ0n) is 15.3. The smallest absolute Gasteiger partial charge is 0.351 e. The second kappa shape index (κ2) is 4.60. The Hall–Kier alpha value is -2.22. The summed E-state index contributed by atoms with van der Waals surface area (Å²) in [7, 11) is 0. The summed E-state index contributed by atoms with van der Waals surface area (Å²) >= 11 is 0. The third kappa shape index (κ3) is 1.65. The van der Waals surface area contributed by atoms with Crippen LogP contribution in [0.3, 0.4) is 0 Å². The Kier molecular flexibility index (Phi) is 2.88. The van der Waals surface area contributed by atoms with Gasteiger partial charge in [-0.1, -0.05) is 19.9 Å². The Morgan fingerprint density at radius 2 is 1.93 bits per heavy atom. The van der Waals surface area contributed by atoms with E-state index >= 15 is 0 Å². The second-order valence-corrected chi connectivity index (χ2v) is 8.89. The van der Waals surface area contributed by atoms with Gasteiger partial charge in [0.2, 0.25) is 5.60 Å². The number of rotatable bonds is 3. The van der Waals surface area contributed by atoms with Crippen molar-refractivity contribution < 1.29 is 38.1 Å². The lowest BCUT2D eigenvalue weighted by atomic mass is 9.66. The van der Waals surface area contributed by atoms with Gasteiger partial charge in [0.25, 0.3) is 0 Å². The van der Waals surface area contributed by atoms with Crippen molar-refractivity contribution in [2.45, 2.75) is 50.9 Å². The minimum Gasteiger partial charge on any atom is -0.459 e. The molecule has 6 atom stereocenters. The molecule has 0 aromatic carbocycles. The number of fused-ring (bicyclic) bond motifs is 7. The molecule has 4 fully saturated rings. The van der Waals surface area contributed by atoms with Gasteiger partial charge in [-0.3, -0.25) is 14.4 Å². The number of carbonyl (C=O) groups excluding carboxylic acids is 4. The molecule has 0 unspecified atom stereocenters. The molecule has 4 aliphatic heterocycles. The molecular formula is C19H20O8. The van der Waals surface area contributed by atoms with Gasteiger partial charge < -0.3 is 18.9 Å². The molecule has 8 heteroatoms. The number of cyclic esters (lactones) is 2. The molecule has 0 radical (unpaired) electrons. The van der Waals surface area contributed by atoms with Gasteiger partial charge in [-0.2, -0.15) is 0 Å². The Morgan fingerprint density at radius 1 is 1.19 bits per heavy atom. The van der Waals surface area contributed by atoms with Crippen LogP contribution in [0.5, 0.6) is 0 Å². The van der Waals surface area contributed by atoms with Gasteiger partial charge in [-0.05, 0) is 25.8 Å². The number of carbonyl (C=O) groups is 4. The van der Waals surface area contributed by atoms with Crippen molar-refractivity contribution in [3.05, 3.63) is 12.2 Å². The van der Waals surface area contributed by atoms with Crippen molar-refractivity contribution in [3.63, 3.8) is 0 Å². The summed E-state index contributed by atoms with van der Waals surface area (Å²) in [5.74, 6) is -3.82. The Balaban J connectivity index is 1.39. The fraction of sp³-hybridized carbons (Fsp3) is 0.684. The maximum Gasteiger partial charge on any atom is 0.351 e. The first-order valence-electron chi connectivity index (χ1n) is 9.11. The van der Waals surface area contributed by atoms with E-state index in [0.29, 0.717) is 12.8 Å². The minimum atomic E-state index is -1.35. The van der Waals surface area contributed by atoms with Crippen LogP contribution in [0.1, 0.15) is 33.6 Å². The van der Waals surface area contributed by atoms with Crippen LogP contribution in [-0.4, -0.2) is 47.8 Å². The van der Waals surface area contributed by atoms with Gasteiger partial charge in [0, 0.05) is 5.41 Å². The van der Waals surface area contributed by atoms with Gasteiger partial charge in [0.05, 0.1) is 11.5 Å². The number of ether oxygens (including phenoxy) is 4. The molecule has 5 aliphatic rings. The monoisotopic (exact) mass is 376 g/mol. The molecule has 0 N–H and O–H groups in total. The summed E-state index contributed by atoms with van der Waals surface area (Å²) in [6.45, 7) is 5.25. The predicted molar refractivity (Wildman–Crippen MR) is 85.7 cm³/mol. The number of hydrogen-bond acceptors (Lipinski definition) is 8. The zero-order chi connectivity index (χ0) is 19.4. The SMILES string of the molecule is CC1(C)[C@@]2(C)CC[C@]1(C(=O)OC[C@@]13C=C[C@@H](O1)[C@H]1C(=O)OC(=O)[C@H]13)OC2=O. The van der Waals surface area contributed by atoms with E-state index in [1.165, 1.54) is 0 Å². The summed E-state index contributed by atoms with van der Waals surface area (Å²) in [5, 5.41) is 0. The van der Waals surface area contributed by atoms with Crippen LogP contribution in [-0.2, 0) is 38.1 Å². The van der Waals surface area contributed by atoms with Crippen molar-refractivity contribution >= 4 is 23.9 Å². The summed E-state index contributed by atoms with van der Waals surface area (Å²) in [4.78, 5) is 49.4. The Morgan fingerprint density at radius 3 is 2.56 bits per heavy atom. The highest BCUT2D eigenvalue weighted by Crippen LogP contribution is 2.66. The third-order valence-electron chi connectivity index (χ3n) is 7.73. The third-order valence-corrected chi connectivity index (χ3v) is 7.73. The van der Waals surface area contributed by atoms with E-state index in [-0.39, 0.29) is 6.61 Å². The zero-order valence-corrected chi connectivity index (χ0v) is 15.3. The number of esters is 4. The Labute approximate surface area is 155 Å². The second-order valence-electron chi connectivity index (χ2n) is 8.89. The molecule has 0 aromatic heterocycles. The maximum atomic E-state index is 13.0. The quantitative estimate of drug-likeness (QED) is 0.306. The van der Waals surface area contributed by atoms with Crippen LogP contribution < -0.4 is 0 Å². The van der Waals surface area contributed by atoms with E-state index in [1.54, 1.807) is 12.2 Å². The first-order chi connectivity index (χ1) is 12.6. The highest BCUT2D eigenvalue weighted by Gasteiger charge is 2.77. The van der Waals surface area contributed by atoms with E-state index in [2.05, 4.69) is 0 Å². The summed E-state index contributed by atoms with van der Waals surface area (Å²) < 4.78 is 21.7. The van der Waals surface area contributed by atoms with Crippen LogP contribution in [0, 0.1) is 22.7 Å². The molecule has 5 rings (SSSR count). The topological polar surface area (TPSA) is 105 Å². The maximum absolute atomic E-state index is 13.0. The van der Waals surface area contributed by atoms with Crippen LogP contribution in [0.4, 0.5) is 0 Å². The molecule has 0 aromatic rings. The van der Waals surface area contributed by atoms with Gasteiger partial charge in [0.1, 0.15) is 24.0 Å². The van der Waals surface area contributed by atoms with E-state index in [0.717, 1.165) is 0 Å². The lowest BCUT2D eigenvalue weighted by Gasteiger charge is -2.35. The average Bonchev–Trinajstić information content (AvgIpc) is 3.33. The first-order valence-corrected chi connectivity index (χ1v) is 9.11. The molecule has 4 bridgehead atoms. The predicted octanol–water partition coefficient (Wildman–Crippen LogP) is 0.675. The van der Waals surface area contributed by atoms with Crippen molar-refractivity contribution in [2.75, 3.05) is 6.61 Å². The van der Waals surface area contributed by atoms with Crippen molar-refractivity contribution in [1.82, 2.24) is 0 Å². The number of hydrogen-bond donors (Lipinski definition) is 0. The van der Waals surface area contributed by atoms with E-state index in [4.69, 9.17) is 18.9 Å². The molecule has 8 nitrogen and oxygen atoms in total. The van der Waals surface area contributed by atoms with Gasteiger partial charge in [-0.25, -0.2) is 4.79 Å². The molecule has 4 heterocycles. The van der Waals surface area contributed by atoms with Gasteiger partial charge in [-0.15, -0.1) is 0 Å². The summed E-state index contributed by atoms with van der Waals surface area (Å²) in [6, 6.07) is 0. The molecule has 27 heavy (non-hydrogen) atoms. The van der Waals surface area contributed by atoms with Crippen molar-refractivity contribution in [2.24, 2.45) is 22.7 Å². The summed E-state index contributed by atoms with van der Waals surface area (Å²) in [5.41, 5.74) is -4.01. The molecule has 0 spiro atoms. The van der Waals surface area contributed by atoms with Crippen LogP contribution in [0.15, 0.2) is 12.2 Å². The van der Waals surface area contributed by atoms with Gasteiger partial charge >= 0.3 is 23.9 Å². The average molecular weight is 376 g/mol. The summed E-state index contributed by atoms with van der Waals surface area (Å²) in [6.07, 6.45) is 3.73. The first kappa shape index (κ1) is 16.9. The lowest BCUT2D eigenvalue weighted by molar-refractivity contribution is -0.188. The normalized spacial score (nSPS) is 48.0. The molecule has 1 aliphatic carbocycles. The minimum absolute atomic E-state index is 0.242. The van der Waals surface area contributed by atoms with Crippen molar-refractivity contribution in [3.8, 4) is 0 Å². The molecule has 3 saturated heterocycles. The standard InChI is InChI=1S/C19H20O8/c1-16(2)17(3)6-7-19(16,27-14(17)22)15(23)24-8-18-5-4-9(26-18)10-11(18)13(21)25-12(10)20/h4-5,9-11H,6-8H2,1-3H3/t9-,10-,11+,17+,18-,19-/m1/s1. The molecule has 1 saturated carbocycles. The van der Waals surface area contributed by atoms with E-state index < -0.39 is 63.8 Å². The largest absolute Gasteiger partial charge is 0.459 e. The van der Waals surface area contributed by atoms with Crippen LogP contribution in [0.2, 0.25) is 0 Å². The highest BCUT2D eigenvalue weighted by molar-refractivity contribution is 5.99. The molecule has 0 amide bonds. The van der Waals surface area contributed by atoms with E-state index in [9.17, 15) is 19.2 Å². The molecule has 144 valence electrons. The fourth-order valence-corrected chi connectivity index (χ4v) is 5.47. The molecular weight excluding hydrogens is 356 g/mol. The lowest BCUT2D eigenvalue weighted by Crippen LogP contribution is -2.51. The van der Waals surface area contributed by atoms with Crippen LogP contribution >= 0.6 is 0 Å².